The number of unbranched alkanes of at least 4 members (excludes halogenated alkanes) is 2. The summed E-state index contributed by atoms with van der Waals surface area (Å²) in [7, 11) is 2.02. The van der Waals surface area contributed by atoms with Crippen LogP contribution in [0.25, 0.3) is 11.0 Å². The van der Waals surface area contributed by atoms with Gasteiger partial charge in [-0.1, -0.05) is 12.1 Å². The van der Waals surface area contributed by atoms with Gasteiger partial charge in [-0.2, -0.15) is 0 Å². The molecule has 0 aliphatic carbocycles. The van der Waals surface area contributed by atoms with Crippen molar-refractivity contribution in [2.45, 2.75) is 19.3 Å². The minimum atomic E-state index is 0.284. The quantitative estimate of drug-likeness (QED) is 0.752. The molecule has 0 radical (unpaired) electrons. The summed E-state index contributed by atoms with van der Waals surface area (Å²) in [5.74, 6) is 0.912. The van der Waals surface area contributed by atoms with Gasteiger partial charge < -0.3 is 15.0 Å². The van der Waals surface area contributed by atoms with Gasteiger partial charge in [0, 0.05) is 20.2 Å². The fraction of sp³-hybridized carbons (Fsp3) is 0.462. The van der Waals surface area contributed by atoms with Gasteiger partial charge in [-0.05, 0) is 31.4 Å². The fourth-order valence-corrected chi connectivity index (χ4v) is 1.92. The van der Waals surface area contributed by atoms with Gasteiger partial charge in [0.25, 0.3) is 0 Å². The predicted molar refractivity (Wildman–Crippen MR) is 70.1 cm³/mol. The van der Waals surface area contributed by atoms with Crippen LogP contribution in [0, 0.1) is 0 Å². The number of imidazole rings is 1. The van der Waals surface area contributed by atoms with Crippen molar-refractivity contribution in [1.29, 1.82) is 0 Å². The molecule has 17 heavy (non-hydrogen) atoms. The average molecular weight is 233 g/mol. The Balaban J connectivity index is 1.97. The third kappa shape index (κ3) is 2.77. The van der Waals surface area contributed by atoms with Crippen molar-refractivity contribution in [1.82, 2.24) is 9.55 Å². The highest BCUT2D eigenvalue weighted by atomic mass is 16.2. The van der Waals surface area contributed by atoms with E-state index in [9.17, 15) is 0 Å². The number of nitrogens with one attached hydrogen (secondary N) is 1. The molecule has 0 atom stereocenters. The largest absolute Gasteiger partial charge is 0.396 e. The second-order valence-electron chi connectivity index (χ2n) is 4.19. The Morgan fingerprint density at radius 2 is 2.06 bits per heavy atom. The van der Waals surface area contributed by atoms with E-state index >= 15 is 0 Å². The first kappa shape index (κ1) is 11.9. The Kier molecular flexibility index (Phi) is 3.98. The Morgan fingerprint density at radius 1 is 1.24 bits per heavy atom. The van der Waals surface area contributed by atoms with Crippen molar-refractivity contribution in [2.24, 2.45) is 7.05 Å². The molecule has 2 rings (SSSR count). The second kappa shape index (κ2) is 5.68. The fourth-order valence-electron chi connectivity index (χ4n) is 1.92. The molecule has 0 saturated carbocycles. The zero-order valence-electron chi connectivity index (χ0n) is 10.2. The summed E-state index contributed by atoms with van der Waals surface area (Å²) in [5.41, 5.74) is 2.17. The number of benzene rings is 1. The van der Waals surface area contributed by atoms with Gasteiger partial charge >= 0.3 is 0 Å². The number of anilines is 1. The smallest absolute Gasteiger partial charge is 0.203 e. The topological polar surface area (TPSA) is 50.1 Å². The van der Waals surface area contributed by atoms with Crippen molar-refractivity contribution >= 4 is 17.0 Å². The first-order chi connectivity index (χ1) is 8.33. The summed E-state index contributed by atoms with van der Waals surface area (Å²) < 4.78 is 2.07. The van der Waals surface area contributed by atoms with E-state index < -0.39 is 0 Å². The van der Waals surface area contributed by atoms with E-state index in [0.717, 1.165) is 42.8 Å². The first-order valence-electron chi connectivity index (χ1n) is 6.09. The highest BCUT2D eigenvalue weighted by molar-refractivity contribution is 5.78. The van der Waals surface area contributed by atoms with E-state index in [4.69, 9.17) is 5.11 Å². The van der Waals surface area contributed by atoms with Crippen LogP contribution >= 0.6 is 0 Å². The monoisotopic (exact) mass is 233 g/mol. The molecular formula is C13H19N3O. The molecule has 4 heteroatoms. The van der Waals surface area contributed by atoms with Crippen LogP contribution in [0.4, 0.5) is 5.95 Å². The molecule has 0 saturated heterocycles. The molecule has 92 valence electrons. The molecule has 0 unspecified atom stereocenters. The van der Waals surface area contributed by atoms with Gasteiger partial charge in [-0.25, -0.2) is 4.98 Å². The van der Waals surface area contributed by atoms with Crippen LogP contribution in [0.5, 0.6) is 0 Å². The molecule has 0 aliphatic rings. The molecule has 4 nitrogen and oxygen atoms in total. The molecule has 2 aromatic rings. The minimum Gasteiger partial charge on any atom is -0.396 e. The van der Waals surface area contributed by atoms with Crippen LogP contribution < -0.4 is 5.32 Å². The molecule has 1 aromatic heterocycles. The average Bonchev–Trinajstić information content (AvgIpc) is 2.67. The maximum Gasteiger partial charge on any atom is 0.203 e. The normalized spacial score (nSPS) is 10.9. The Morgan fingerprint density at radius 3 is 2.82 bits per heavy atom. The first-order valence-corrected chi connectivity index (χ1v) is 6.09. The third-order valence-electron chi connectivity index (χ3n) is 2.91. The summed E-state index contributed by atoms with van der Waals surface area (Å²) in [5, 5.41) is 12.0. The lowest BCUT2D eigenvalue weighted by Gasteiger charge is -2.05. The van der Waals surface area contributed by atoms with Crippen LogP contribution in [-0.4, -0.2) is 27.8 Å². The number of aliphatic hydroxyl groups excluding tert-OH is 1. The van der Waals surface area contributed by atoms with Crippen LogP contribution in [-0.2, 0) is 7.05 Å². The number of hydrogen-bond donors (Lipinski definition) is 2. The van der Waals surface area contributed by atoms with Crippen LogP contribution in [0.3, 0.4) is 0 Å². The Bertz CT molecular complexity index is 478. The zero-order chi connectivity index (χ0) is 12.1. The highest BCUT2D eigenvalue weighted by Gasteiger charge is 2.05. The van der Waals surface area contributed by atoms with Crippen molar-refractivity contribution in [3.8, 4) is 0 Å². The van der Waals surface area contributed by atoms with Crippen molar-refractivity contribution < 1.29 is 5.11 Å². The number of fused-ring (bicyclic) bond motifs is 1. The van der Waals surface area contributed by atoms with E-state index in [0.29, 0.717) is 0 Å². The molecule has 1 heterocycles. The lowest BCUT2D eigenvalue weighted by Crippen LogP contribution is -2.06. The van der Waals surface area contributed by atoms with Gasteiger partial charge in [0.15, 0.2) is 0 Å². The SMILES string of the molecule is Cn1c(NCCCCCO)nc2ccccc21. The van der Waals surface area contributed by atoms with Gasteiger partial charge in [-0.3, -0.25) is 0 Å². The molecule has 2 N–H and O–H groups in total. The maximum atomic E-state index is 8.69. The number of aliphatic hydroxyl groups is 1. The zero-order valence-corrected chi connectivity index (χ0v) is 10.2. The van der Waals surface area contributed by atoms with E-state index in [1.165, 1.54) is 0 Å². The lowest BCUT2D eigenvalue weighted by atomic mass is 10.2. The summed E-state index contributed by atoms with van der Waals surface area (Å²) in [6.45, 7) is 1.18. The third-order valence-corrected chi connectivity index (χ3v) is 2.91. The minimum absolute atomic E-state index is 0.284. The van der Waals surface area contributed by atoms with Crippen molar-refractivity contribution in [2.75, 3.05) is 18.5 Å². The highest BCUT2D eigenvalue weighted by Crippen LogP contribution is 2.17. The van der Waals surface area contributed by atoms with Gasteiger partial charge in [-0.15, -0.1) is 0 Å². The summed E-state index contributed by atoms with van der Waals surface area (Å²) in [4.78, 5) is 4.53. The van der Waals surface area contributed by atoms with Gasteiger partial charge in [0.1, 0.15) is 0 Å². The molecular weight excluding hydrogens is 214 g/mol. The summed E-state index contributed by atoms with van der Waals surface area (Å²) in [6.07, 6.45) is 2.99. The Labute approximate surface area is 101 Å². The predicted octanol–water partition coefficient (Wildman–Crippen LogP) is 2.15. The number of aromatic nitrogens is 2. The number of hydrogen-bond acceptors (Lipinski definition) is 3. The number of nitrogens with zero attached hydrogens (tertiary/aromatic N) is 2. The van der Waals surface area contributed by atoms with E-state index in [2.05, 4.69) is 20.9 Å². The summed E-state index contributed by atoms with van der Waals surface area (Å²) in [6, 6.07) is 8.11. The molecule has 0 aliphatic heterocycles. The molecule has 0 spiro atoms. The molecule has 0 bridgehead atoms. The van der Waals surface area contributed by atoms with Crippen LogP contribution in [0.15, 0.2) is 24.3 Å². The summed E-state index contributed by atoms with van der Waals surface area (Å²) >= 11 is 0. The number of rotatable bonds is 6. The molecule has 1 aromatic carbocycles. The van der Waals surface area contributed by atoms with E-state index in [1.54, 1.807) is 0 Å². The second-order valence-corrected chi connectivity index (χ2v) is 4.19. The van der Waals surface area contributed by atoms with Gasteiger partial charge in [0.05, 0.1) is 11.0 Å². The lowest BCUT2D eigenvalue weighted by molar-refractivity contribution is 0.283. The standard InChI is InChI=1S/C13H19N3O/c1-16-12-8-4-3-7-11(12)15-13(16)14-9-5-2-6-10-17/h3-4,7-8,17H,2,5-6,9-10H2,1H3,(H,14,15). The van der Waals surface area contributed by atoms with Gasteiger partial charge in [0.2, 0.25) is 5.95 Å². The van der Waals surface area contributed by atoms with Crippen molar-refractivity contribution in [3.05, 3.63) is 24.3 Å². The molecule has 0 fully saturated rings. The van der Waals surface area contributed by atoms with Crippen molar-refractivity contribution in [3.63, 3.8) is 0 Å². The maximum absolute atomic E-state index is 8.69. The molecule has 0 amide bonds. The van der Waals surface area contributed by atoms with E-state index in [1.807, 2.05) is 25.2 Å². The van der Waals surface area contributed by atoms with Crippen LogP contribution in [0.2, 0.25) is 0 Å². The number of aryl methyl sites for hydroxylation is 1. The Hall–Kier alpha value is -1.55. The van der Waals surface area contributed by atoms with E-state index in [-0.39, 0.29) is 6.61 Å². The van der Waals surface area contributed by atoms with Crippen LogP contribution in [0.1, 0.15) is 19.3 Å². The number of para-hydroxylation sites is 2.